The maximum atomic E-state index is 13.8. The van der Waals surface area contributed by atoms with Crippen LogP contribution in [0.2, 0.25) is 0 Å². The molecule has 0 aliphatic carbocycles. The topological polar surface area (TPSA) is 271 Å². The van der Waals surface area contributed by atoms with E-state index >= 15 is 0 Å². The van der Waals surface area contributed by atoms with E-state index in [0.29, 0.717) is 44.3 Å². The number of ether oxygens (including phenoxy) is 3. The summed E-state index contributed by atoms with van der Waals surface area (Å²) in [5.74, 6) is -2.45. The maximum absolute atomic E-state index is 13.8. The molecule has 0 bridgehead atoms. The number of aldehydes is 1. The molecule has 0 aliphatic heterocycles. The van der Waals surface area contributed by atoms with Crippen molar-refractivity contribution in [2.45, 2.75) is 76.4 Å². The first-order valence-electron chi connectivity index (χ1n) is 19.6. The number of carbonyl (C=O) groups is 7. The number of methoxy groups -OCH3 is 3. The number of hydrogen-bond donors (Lipinski definition) is 8. The number of benzene rings is 3. The number of nitrogens with one attached hydrogen (secondary N) is 6. The van der Waals surface area contributed by atoms with Crippen molar-refractivity contribution in [3.8, 4) is 17.2 Å². The molecular formula is C42H56N8O10. The Labute approximate surface area is 349 Å². The largest absolute Gasteiger partial charge is 0.496 e. The number of anilines is 3. The van der Waals surface area contributed by atoms with Gasteiger partial charge in [-0.15, -0.1) is 0 Å². The van der Waals surface area contributed by atoms with E-state index in [9.17, 15) is 33.6 Å². The van der Waals surface area contributed by atoms with Crippen LogP contribution in [0.1, 0.15) is 89.4 Å². The van der Waals surface area contributed by atoms with Crippen molar-refractivity contribution in [2.75, 3.05) is 50.4 Å². The normalized spacial score (nSPS) is 12.1. The van der Waals surface area contributed by atoms with E-state index in [1.54, 1.807) is 6.07 Å². The number of nitrogens with two attached hydrogens (primary N) is 2. The summed E-state index contributed by atoms with van der Waals surface area (Å²) in [5, 5.41) is 16.2. The Morgan fingerprint density at radius 2 is 1.00 bits per heavy atom. The van der Waals surface area contributed by atoms with E-state index in [2.05, 4.69) is 31.9 Å². The molecule has 10 N–H and O–H groups in total. The fourth-order valence-electron chi connectivity index (χ4n) is 6.13. The summed E-state index contributed by atoms with van der Waals surface area (Å²) in [7, 11) is 4.14. The minimum atomic E-state index is -1.22. The van der Waals surface area contributed by atoms with Crippen molar-refractivity contribution >= 4 is 59.3 Å². The van der Waals surface area contributed by atoms with E-state index in [4.69, 9.17) is 25.7 Å². The molecule has 3 rings (SSSR count). The molecule has 18 heteroatoms. The second kappa shape index (κ2) is 25.1. The third kappa shape index (κ3) is 14.4. The lowest BCUT2D eigenvalue weighted by Gasteiger charge is -2.21. The highest BCUT2D eigenvalue weighted by molar-refractivity contribution is 6.06. The summed E-state index contributed by atoms with van der Waals surface area (Å²) in [6.45, 7) is 2.80. The Kier molecular flexibility index (Phi) is 20.0. The van der Waals surface area contributed by atoms with Gasteiger partial charge in [0.2, 0.25) is 18.2 Å². The Hall–Kier alpha value is -6.53. The van der Waals surface area contributed by atoms with Gasteiger partial charge in [0.05, 0.1) is 38.0 Å². The molecule has 324 valence electrons. The van der Waals surface area contributed by atoms with Gasteiger partial charge >= 0.3 is 0 Å². The summed E-state index contributed by atoms with van der Waals surface area (Å²) in [6.07, 6.45) is 4.65. The van der Waals surface area contributed by atoms with Crippen LogP contribution in [0.25, 0.3) is 0 Å². The summed E-state index contributed by atoms with van der Waals surface area (Å²) in [6, 6.07) is 10.9. The van der Waals surface area contributed by atoms with Crippen molar-refractivity contribution in [1.29, 1.82) is 0 Å². The van der Waals surface area contributed by atoms with Gasteiger partial charge in [0.1, 0.15) is 35.6 Å². The smallest absolute Gasteiger partial charge is 0.255 e. The summed E-state index contributed by atoms with van der Waals surface area (Å²) in [5.41, 5.74) is 12.2. The van der Waals surface area contributed by atoms with Gasteiger partial charge in [0.15, 0.2) is 0 Å². The van der Waals surface area contributed by atoms with E-state index in [1.165, 1.54) is 69.9 Å². The van der Waals surface area contributed by atoms with Gasteiger partial charge < -0.3 is 62.4 Å². The van der Waals surface area contributed by atoms with Gasteiger partial charge in [-0.05, 0) is 113 Å². The zero-order chi connectivity index (χ0) is 44.0. The van der Waals surface area contributed by atoms with Gasteiger partial charge in [0.25, 0.3) is 17.7 Å². The number of rotatable bonds is 26. The third-order valence-corrected chi connectivity index (χ3v) is 9.33. The third-order valence-electron chi connectivity index (χ3n) is 9.33. The average Bonchev–Trinajstić information content (AvgIpc) is 3.24. The molecule has 0 radical (unpaired) electrons. The van der Waals surface area contributed by atoms with Gasteiger partial charge in [0, 0.05) is 29.5 Å². The molecule has 3 aromatic carbocycles. The second-order valence-electron chi connectivity index (χ2n) is 13.7. The van der Waals surface area contributed by atoms with Crippen LogP contribution in [-0.2, 0) is 19.2 Å². The molecule has 3 atom stereocenters. The number of carbonyl (C=O) groups excluding carboxylic acids is 7. The highest BCUT2D eigenvalue weighted by Crippen LogP contribution is 2.26. The average molecular weight is 833 g/mol. The first-order valence-corrected chi connectivity index (χ1v) is 19.6. The van der Waals surface area contributed by atoms with Crippen molar-refractivity contribution in [3.63, 3.8) is 0 Å². The van der Waals surface area contributed by atoms with Gasteiger partial charge in [-0.1, -0.05) is 6.42 Å². The van der Waals surface area contributed by atoms with Crippen molar-refractivity contribution in [3.05, 3.63) is 71.3 Å². The first kappa shape index (κ1) is 47.8. The minimum Gasteiger partial charge on any atom is -0.496 e. The quantitative estimate of drug-likeness (QED) is 0.0428. The predicted molar refractivity (Wildman–Crippen MR) is 226 cm³/mol. The Morgan fingerprint density at radius 1 is 0.583 bits per heavy atom. The van der Waals surface area contributed by atoms with E-state index < -0.39 is 41.6 Å². The Balaban J connectivity index is 1.82. The molecule has 0 aromatic heterocycles. The molecule has 1 unspecified atom stereocenters. The molecule has 0 aliphatic rings. The highest BCUT2D eigenvalue weighted by Gasteiger charge is 2.27. The molecule has 0 heterocycles. The maximum Gasteiger partial charge on any atom is 0.255 e. The van der Waals surface area contributed by atoms with Crippen LogP contribution in [-0.4, -0.2) is 94.8 Å². The fourth-order valence-corrected chi connectivity index (χ4v) is 6.13. The van der Waals surface area contributed by atoms with Crippen LogP contribution in [0.4, 0.5) is 17.1 Å². The summed E-state index contributed by atoms with van der Waals surface area (Å²) >= 11 is 0. The van der Waals surface area contributed by atoms with E-state index in [0.717, 1.165) is 19.3 Å². The molecule has 0 saturated heterocycles. The Morgan fingerprint density at radius 3 is 1.43 bits per heavy atom. The van der Waals surface area contributed by atoms with Crippen LogP contribution < -0.4 is 57.6 Å². The van der Waals surface area contributed by atoms with Crippen LogP contribution in [0.5, 0.6) is 17.2 Å². The molecule has 60 heavy (non-hydrogen) atoms. The van der Waals surface area contributed by atoms with Crippen LogP contribution in [0.15, 0.2) is 54.6 Å². The molecule has 3 aromatic rings. The van der Waals surface area contributed by atoms with Gasteiger partial charge in [-0.3, -0.25) is 28.8 Å². The first-order chi connectivity index (χ1) is 28.9. The standard InChI is InChI=1S/C42H56N8O10/c1-26(10-5-7-19-43)46-38(53)31-23-28(14-17-36(31)59-3)48-42(57)34(12-9-21-51)50-40(55)32-24-29(15-18-37(32)60-4)47-41(56)33(11-6-8-20-44)49-39(54)30-22-27(45-25-52)13-16-35(30)58-2/h13-18,21-26,33-34H,5-12,19-20,43-44H2,1-4H3,(H,45,52)(H,46,53)(H,47,56)(H,48,57)(H,49,54)(H,50,55)/t26-,33?,34+/m1/s1. The highest BCUT2D eigenvalue weighted by atomic mass is 16.5. The lowest BCUT2D eigenvalue weighted by molar-refractivity contribution is -0.119. The number of hydrogen-bond acceptors (Lipinski definition) is 12. The SMILES string of the molecule is COc1ccc(NC=O)cc1C(=O)NC(CCCCN)C(=O)Nc1ccc(OC)c(C(=O)N[C@@H](CCC=O)C(=O)Nc2ccc(OC)c(C(=O)N[C@H](C)CCCCN)c2)c1. The summed E-state index contributed by atoms with van der Waals surface area (Å²) < 4.78 is 16.1. The van der Waals surface area contributed by atoms with E-state index in [1.807, 2.05) is 6.92 Å². The number of amides is 6. The molecule has 18 nitrogen and oxygen atoms in total. The predicted octanol–water partition coefficient (Wildman–Crippen LogP) is 3.11. The molecule has 0 spiro atoms. The van der Waals surface area contributed by atoms with Crippen molar-refractivity contribution < 1.29 is 47.8 Å². The van der Waals surface area contributed by atoms with Crippen molar-refractivity contribution in [1.82, 2.24) is 16.0 Å². The zero-order valence-electron chi connectivity index (χ0n) is 34.4. The van der Waals surface area contributed by atoms with Crippen LogP contribution >= 0.6 is 0 Å². The van der Waals surface area contributed by atoms with Crippen molar-refractivity contribution in [2.24, 2.45) is 11.5 Å². The molecule has 6 amide bonds. The van der Waals surface area contributed by atoms with Crippen LogP contribution in [0, 0.1) is 0 Å². The zero-order valence-corrected chi connectivity index (χ0v) is 34.4. The molecular weight excluding hydrogens is 777 g/mol. The lowest BCUT2D eigenvalue weighted by atomic mass is 10.1. The van der Waals surface area contributed by atoms with E-state index in [-0.39, 0.29) is 70.6 Å². The fraction of sp³-hybridized carbons (Fsp3) is 0.405. The second-order valence-corrected chi connectivity index (χ2v) is 13.7. The lowest BCUT2D eigenvalue weighted by Crippen LogP contribution is -2.44. The van der Waals surface area contributed by atoms with Gasteiger partial charge in [-0.25, -0.2) is 0 Å². The Bertz CT molecular complexity index is 1960. The monoisotopic (exact) mass is 832 g/mol. The van der Waals surface area contributed by atoms with Gasteiger partial charge in [-0.2, -0.15) is 0 Å². The number of unbranched alkanes of at least 4 members (excludes halogenated alkanes) is 2. The molecule has 0 saturated carbocycles. The van der Waals surface area contributed by atoms with Crippen LogP contribution in [0.3, 0.4) is 0 Å². The summed E-state index contributed by atoms with van der Waals surface area (Å²) in [4.78, 5) is 90.2. The molecule has 0 fully saturated rings. The minimum absolute atomic E-state index is 0.0452.